The molecular formula is C34H40F3N5O5S. The predicted octanol–water partition coefficient (Wildman–Crippen LogP) is 5.30. The van der Waals surface area contributed by atoms with E-state index in [1.54, 1.807) is 19.2 Å². The van der Waals surface area contributed by atoms with Gasteiger partial charge in [-0.2, -0.15) is 13.2 Å². The first-order valence-electron chi connectivity index (χ1n) is 16.0. The number of carbonyl (C=O) groups excluding carboxylic acids is 1. The largest absolute Gasteiger partial charge is 0.448 e. The molecule has 2 saturated heterocycles. The Labute approximate surface area is 281 Å². The van der Waals surface area contributed by atoms with Gasteiger partial charge in [0.1, 0.15) is 5.82 Å². The number of amides is 1. The average molecular weight is 688 g/mol. The number of alkyl halides is 3. The minimum atomic E-state index is -4.26. The van der Waals surface area contributed by atoms with Crippen LogP contribution in [-0.4, -0.2) is 84.9 Å². The van der Waals surface area contributed by atoms with Gasteiger partial charge in [0, 0.05) is 77.1 Å². The van der Waals surface area contributed by atoms with E-state index in [0.717, 1.165) is 29.5 Å². The standard InChI is InChI=1S/C34H40F3N5O5S/c1-20-15-27(48-4)26(32(44)40-20)18-39-31(43)24-16-25(22-5-6-28(38-17-22)42-11-13-45-14-12-42)30-29(21(24)2)46-33(3,47-30)23-7-9-41(10-8-23)19-34(35,36)37/h5-6,15-17,23H,7-14,18-19H2,1-4H3,(H,39,43)(H,40,44)/t33-/m0/s1. The number of carbonyl (C=O) groups is 1. The Kier molecular flexibility index (Phi) is 9.69. The number of morpholine rings is 1. The molecule has 2 fully saturated rings. The molecule has 3 aliphatic rings. The number of halogens is 3. The lowest BCUT2D eigenvalue weighted by molar-refractivity contribution is -0.159. The number of nitrogens with one attached hydrogen (secondary N) is 2. The van der Waals surface area contributed by atoms with Crippen LogP contribution in [0.1, 0.15) is 46.9 Å². The van der Waals surface area contributed by atoms with Gasteiger partial charge < -0.3 is 29.4 Å². The quantitative estimate of drug-likeness (QED) is 0.305. The Morgan fingerprint density at radius 2 is 1.81 bits per heavy atom. The normalized spacial score (nSPS) is 20.3. The van der Waals surface area contributed by atoms with E-state index in [1.807, 2.05) is 38.3 Å². The fourth-order valence-corrected chi connectivity index (χ4v) is 7.40. The molecule has 10 nitrogen and oxygen atoms in total. The number of piperidine rings is 1. The van der Waals surface area contributed by atoms with E-state index in [9.17, 15) is 22.8 Å². The number of H-pyrrole nitrogens is 1. The zero-order valence-corrected chi connectivity index (χ0v) is 28.3. The molecule has 1 atom stereocenters. The second-order valence-electron chi connectivity index (χ2n) is 12.7. The summed E-state index contributed by atoms with van der Waals surface area (Å²) in [6.07, 6.45) is 0.277. The van der Waals surface area contributed by atoms with E-state index >= 15 is 0 Å². The van der Waals surface area contributed by atoms with E-state index in [-0.39, 0.29) is 37.0 Å². The number of ether oxygens (including phenoxy) is 3. The molecule has 0 spiro atoms. The van der Waals surface area contributed by atoms with Crippen molar-refractivity contribution in [2.45, 2.75) is 57.0 Å². The monoisotopic (exact) mass is 687 g/mol. The maximum Gasteiger partial charge on any atom is 0.401 e. The molecule has 14 heteroatoms. The average Bonchev–Trinajstić information content (AvgIpc) is 3.43. The van der Waals surface area contributed by atoms with Crippen LogP contribution < -0.4 is 25.2 Å². The summed E-state index contributed by atoms with van der Waals surface area (Å²) >= 11 is 1.43. The molecule has 6 rings (SSSR count). The Balaban J connectivity index is 1.31. The van der Waals surface area contributed by atoms with Crippen molar-refractivity contribution < 1.29 is 32.2 Å². The highest BCUT2D eigenvalue weighted by molar-refractivity contribution is 7.98. The molecule has 1 aromatic carbocycles. The number of rotatable bonds is 8. The van der Waals surface area contributed by atoms with Crippen molar-refractivity contribution in [3.8, 4) is 22.6 Å². The van der Waals surface area contributed by atoms with Crippen molar-refractivity contribution in [1.29, 1.82) is 0 Å². The highest BCUT2D eigenvalue weighted by Crippen LogP contribution is 2.52. The predicted molar refractivity (Wildman–Crippen MR) is 177 cm³/mol. The summed E-state index contributed by atoms with van der Waals surface area (Å²) in [5.74, 6) is -0.0365. The minimum absolute atomic E-state index is 0.0256. The van der Waals surface area contributed by atoms with E-state index in [0.29, 0.717) is 65.4 Å². The summed E-state index contributed by atoms with van der Waals surface area (Å²) < 4.78 is 57.8. The fourth-order valence-electron chi connectivity index (χ4n) is 6.69. The van der Waals surface area contributed by atoms with Crippen molar-refractivity contribution in [3.05, 3.63) is 63.2 Å². The van der Waals surface area contributed by atoms with Crippen LogP contribution in [0.4, 0.5) is 19.0 Å². The third kappa shape index (κ3) is 7.15. The molecule has 1 amide bonds. The van der Waals surface area contributed by atoms with Gasteiger partial charge in [-0.05, 0) is 70.3 Å². The van der Waals surface area contributed by atoms with Gasteiger partial charge in [-0.15, -0.1) is 11.8 Å². The van der Waals surface area contributed by atoms with Gasteiger partial charge in [0.25, 0.3) is 17.3 Å². The lowest BCUT2D eigenvalue weighted by Crippen LogP contribution is -2.49. The molecule has 0 unspecified atom stereocenters. The van der Waals surface area contributed by atoms with Crippen LogP contribution >= 0.6 is 11.8 Å². The number of nitrogens with zero attached hydrogens (tertiary/aromatic N) is 3. The van der Waals surface area contributed by atoms with Crippen molar-refractivity contribution in [1.82, 2.24) is 20.2 Å². The number of pyridine rings is 2. The molecule has 0 saturated carbocycles. The van der Waals surface area contributed by atoms with Crippen LogP contribution in [-0.2, 0) is 11.3 Å². The number of fused-ring (bicyclic) bond motifs is 1. The topological polar surface area (TPSA) is 109 Å². The molecule has 0 bridgehead atoms. The van der Waals surface area contributed by atoms with Crippen LogP contribution in [0, 0.1) is 19.8 Å². The summed E-state index contributed by atoms with van der Waals surface area (Å²) in [4.78, 5) is 38.4. The second kappa shape index (κ2) is 13.6. The number of benzene rings is 1. The first-order valence-corrected chi connectivity index (χ1v) is 17.3. The molecule has 3 aliphatic heterocycles. The molecule has 0 aliphatic carbocycles. The van der Waals surface area contributed by atoms with Gasteiger partial charge in [-0.25, -0.2) is 4.98 Å². The number of likely N-dealkylation sites (tertiary alicyclic amines) is 1. The zero-order chi connectivity index (χ0) is 34.2. The highest BCUT2D eigenvalue weighted by Gasteiger charge is 2.48. The molecule has 3 aromatic rings. The number of hydrogen-bond donors (Lipinski definition) is 2. The van der Waals surface area contributed by atoms with Crippen LogP contribution in [0.25, 0.3) is 11.1 Å². The Bertz CT molecular complexity index is 1720. The van der Waals surface area contributed by atoms with Gasteiger partial charge >= 0.3 is 6.18 Å². The number of aromatic amines is 1. The summed E-state index contributed by atoms with van der Waals surface area (Å²) in [6.45, 7) is 7.74. The highest BCUT2D eigenvalue weighted by atomic mass is 32.2. The van der Waals surface area contributed by atoms with Crippen molar-refractivity contribution in [3.63, 3.8) is 0 Å². The van der Waals surface area contributed by atoms with Gasteiger partial charge in [-0.3, -0.25) is 14.5 Å². The third-order valence-electron chi connectivity index (χ3n) is 9.34. The summed E-state index contributed by atoms with van der Waals surface area (Å²) in [6, 6.07) is 7.48. The van der Waals surface area contributed by atoms with Crippen LogP contribution in [0.3, 0.4) is 0 Å². The van der Waals surface area contributed by atoms with Gasteiger partial charge in [0.2, 0.25) is 0 Å². The molecule has 48 heavy (non-hydrogen) atoms. The Morgan fingerprint density at radius 3 is 2.46 bits per heavy atom. The lowest BCUT2D eigenvalue weighted by Gasteiger charge is -2.39. The lowest BCUT2D eigenvalue weighted by atomic mass is 9.89. The molecule has 2 aromatic heterocycles. The van der Waals surface area contributed by atoms with E-state index in [4.69, 9.17) is 19.2 Å². The molecule has 0 radical (unpaired) electrons. The number of anilines is 1. The smallest absolute Gasteiger partial charge is 0.401 e. The van der Waals surface area contributed by atoms with Gasteiger partial charge in [0.05, 0.1) is 19.8 Å². The summed E-state index contributed by atoms with van der Waals surface area (Å²) in [5.41, 5.74) is 3.17. The molecular weight excluding hydrogens is 647 g/mol. The second-order valence-corrected chi connectivity index (χ2v) is 13.5. The Morgan fingerprint density at radius 1 is 1.10 bits per heavy atom. The number of thioether (sulfide) groups is 1. The van der Waals surface area contributed by atoms with E-state index in [2.05, 4.69) is 15.2 Å². The van der Waals surface area contributed by atoms with Crippen molar-refractivity contribution in [2.24, 2.45) is 5.92 Å². The number of hydrogen-bond acceptors (Lipinski definition) is 9. The van der Waals surface area contributed by atoms with Crippen molar-refractivity contribution >= 4 is 23.5 Å². The number of aryl methyl sites for hydroxylation is 1. The van der Waals surface area contributed by atoms with E-state index in [1.165, 1.54) is 16.7 Å². The van der Waals surface area contributed by atoms with Crippen LogP contribution in [0.5, 0.6) is 11.5 Å². The number of aromatic nitrogens is 2. The van der Waals surface area contributed by atoms with E-state index < -0.39 is 18.5 Å². The maximum absolute atomic E-state index is 13.8. The van der Waals surface area contributed by atoms with Crippen LogP contribution in [0.15, 0.2) is 40.2 Å². The molecule has 2 N–H and O–H groups in total. The zero-order valence-electron chi connectivity index (χ0n) is 27.5. The SMILES string of the molecule is CSc1cc(C)[nH]c(=O)c1CNC(=O)c1cc(-c2ccc(N3CCOCC3)nc2)c2c(c1C)O[C@](C)(C1CCN(CC(F)(F)F)CC1)O2. The summed E-state index contributed by atoms with van der Waals surface area (Å²) in [5, 5.41) is 2.92. The van der Waals surface area contributed by atoms with Crippen molar-refractivity contribution in [2.75, 3.05) is 57.1 Å². The first kappa shape index (κ1) is 34.1. The fraction of sp³-hybridized carbons (Fsp3) is 0.500. The minimum Gasteiger partial charge on any atom is -0.448 e. The maximum atomic E-state index is 13.8. The van der Waals surface area contributed by atoms with Gasteiger partial charge in [0.15, 0.2) is 11.5 Å². The van der Waals surface area contributed by atoms with Gasteiger partial charge in [-0.1, -0.05) is 0 Å². The van der Waals surface area contributed by atoms with Crippen LogP contribution in [0.2, 0.25) is 0 Å². The Hall–Kier alpha value is -3.75. The first-order chi connectivity index (χ1) is 22.8. The molecule has 258 valence electrons. The third-order valence-corrected chi connectivity index (χ3v) is 10.1. The molecule has 5 heterocycles. The summed E-state index contributed by atoms with van der Waals surface area (Å²) in [7, 11) is 0.